The van der Waals surface area contributed by atoms with Crippen LogP contribution in [0.2, 0.25) is 5.02 Å². The van der Waals surface area contributed by atoms with E-state index < -0.39 is 39.1 Å². The number of nitrogens with one attached hydrogen (secondary N) is 1. The molecular formula is C19H22BClFNO4S. The molecule has 2 aromatic rings. The molecule has 5 nitrogen and oxygen atoms in total. The van der Waals surface area contributed by atoms with E-state index in [9.17, 15) is 12.8 Å². The zero-order valence-electron chi connectivity index (χ0n) is 16.3. The Balaban J connectivity index is 1.86. The first-order chi connectivity index (χ1) is 12.8. The van der Waals surface area contributed by atoms with Gasteiger partial charge in [-0.2, -0.15) is 0 Å². The molecule has 1 heterocycles. The van der Waals surface area contributed by atoms with Gasteiger partial charge >= 0.3 is 7.12 Å². The Hall–Kier alpha value is -1.61. The highest BCUT2D eigenvalue weighted by Gasteiger charge is 2.52. The average Bonchev–Trinajstić information content (AvgIpc) is 2.77. The Labute approximate surface area is 170 Å². The fourth-order valence-electron chi connectivity index (χ4n) is 2.87. The van der Waals surface area contributed by atoms with Gasteiger partial charge in [-0.15, -0.1) is 0 Å². The van der Waals surface area contributed by atoms with Gasteiger partial charge in [0.1, 0.15) is 10.7 Å². The van der Waals surface area contributed by atoms with Crippen molar-refractivity contribution < 1.29 is 22.1 Å². The predicted octanol–water partition coefficient (Wildman–Crippen LogP) is 3.89. The number of halogens is 2. The Kier molecular flexibility index (Phi) is 5.29. The third kappa shape index (κ3) is 3.92. The highest BCUT2D eigenvalue weighted by atomic mass is 35.5. The Morgan fingerprint density at radius 2 is 1.64 bits per heavy atom. The number of aryl methyl sites for hydroxylation is 1. The molecule has 0 bridgehead atoms. The second-order valence-corrected chi connectivity index (χ2v) is 9.93. The molecule has 1 N–H and O–H groups in total. The lowest BCUT2D eigenvalue weighted by Gasteiger charge is -2.32. The maximum absolute atomic E-state index is 14.0. The fourth-order valence-corrected chi connectivity index (χ4v) is 4.26. The summed E-state index contributed by atoms with van der Waals surface area (Å²) in [4.78, 5) is -0.507. The highest BCUT2D eigenvalue weighted by molar-refractivity contribution is 7.92. The van der Waals surface area contributed by atoms with Crippen molar-refractivity contribution in [3.05, 3.63) is 52.8 Å². The second kappa shape index (κ2) is 7.02. The molecule has 2 aromatic carbocycles. The van der Waals surface area contributed by atoms with E-state index >= 15 is 0 Å². The van der Waals surface area contributed by atoms with Crippen molar-refractivity contribution in [2.45, 2.75) is 50.7 Å². The van der Waals surface area contributed by atoms with Gasteiger partial charge in [0, 0.05) is 10.7 Å². The van der Waals surface area contributed by atoms with Gasteiger partial charge in [0.25, 0.3) is 10.0 Å². The first-order valence-electron chi connectivity index (χ1n) is 8.76. The van der Waals surface area contributed by atoms with E-state index in [-0.39, 0.29) is 5.02 Å². The summed E-state index contributed by atoms with van der Waals surface area (Å²) in [5, 5.41) is 0.133. The van der Waals surface area contributed by atoms with Crippen LogP contribution in [-0.2, 0) is 19.3 Å². The van der Waals surface area contributed by atoms with Crippen LogP contribution in [0.1, 0.15) is 33.3 Å². The van der Waals surface area contributed by atoms with Crippen LogP contribution < -0.4 is 10.2 Å². The van der Waals surface area contributed by atoms with Crippen molar-refractivity contribution in [1.82, 2.24) is 0 Å². The summed E-state index contributed by atoms with van der Waals surface area (Å²) in [6.45, 7) is 9.68. The van der Waals surface area contributed by atoms with Crippen LogP contribution in [0.25, 0.3) is 0 Å². The number of hydrogen-bond donors (Lipinski definition) is 1. The van der Waals surface area contributed by atoms with E-state index in [1.165, 1.54) is 6.07 Å². The molecule has 1 saturated heterocycles. The van der Waals surface area contributed by atoms with Crippen LogP contribution in [0.3, 0.4) is 0 Å². The summed E-state index contributed by atoms with van der Waals surface area (Å²) < 4.78 is 53.5. The van der Waals surface area contributed by atoms with E-state index in [0.717, 1.165) is 23.2 Å². The van der Waals surface area contributed by atoms with Crippen LogP contribution >= 0.6 is 11.6 Å². The first-order valence-corrected chi connectivity index (χ1v) is 10.6. The van der Waals surface area contributed by atoms with E-state index in [0.29, 0.717) is 5.69 Å². The maximum atomic E-state index is 14.0. The molecule has 0 saturated carbocycles. The molecule has 1 fully saturated rings. The molecule has 9 heteroatoms. The standard InChI is InChI=1S/C19H22BClFNO4S/c1-12-10-14(23-28(24,25)17-11-13(21)6-9-16(17)22)7-8-15(12)20-26-18(2,3)19(4,5)27-20/h6-11,23H,1-5H3. The van der Waals surface area contributed by atoms with Crippen LogP contribution in [-0.4, -0.2) is 26.7 Å². The van der Waals surface area contributed by atoms with Crippen LogP contribution in [0.5, 0.6) is 0 Å². The maximum Gasteiger partial charge on any atom is 0.495 e. The summed E-state index contributed by atoms with van der Waals surface area (Å²) >= 11 is 5.80. The zero-order chi connectivity index (χ0) is 20.9. The van der Waals surface area contributed by atoms with Crippen LogP contribution in [0.4, 0.5) is 10.1 Å². The summed E-state index contributed by atoms with van der Waals surface area (Å²) in [6.07, 6.45) is 0. The molecule has 1 aliphatic rings. The Morgan fingerprint density at radius 1 is 1.04 bits per heavy atom. The quantitative estimate of drug-likeness (QED) is 0.755. The third-order valence-corrected chi connectivity index (χ3v) is 6.84. The number of benzene rings is 2. The first kappa shape index (κ1) is 21.1. The highest BCUT2D eigenvalue weighted by Crippen LogP contribution is 2.36. The minimum atomic E-state index is -4.12. The van der Waals surface area contributed by atoms with Gasteiger partial charge in [-0.05, 0) is 76.0 Å². The third-order valence-electron chi connectivity index (χ3n) is 5.21. The number of anilines is 1. The van der Waals surface area contributed by atoms with Crippen LogP contribution in [0, 0.1) is 12.7 Å². The molecule has 0 unspecified atom stereocenters. The second-order valence-electron chi connectivity index (χ2n) is 7.84. The molecule has 3 rings (SSSR count). The summed E-state index contributed by atoms with van der Waals surface area (Å²) in [7, 11) is -4.68. The van der Waals surface area contributed by atoms with Gasteiger partial charge in [-0.3, -0.25) is 4.72 Å². The van der Waals surface area contributed by atoms with Crippen molar-refractivity contribution in [1.29, 1.82) is 0 Å². The SMILES string of the molecule is Cc1cc(NS(=O)(=O)c2cc(Cl)ccc2F)ccc1B1OC(C)(C)C(C)(C)O1. The van der Waals surface area contributed by atoms with Gasteiger partial charge in [-0.1, -0.05) is 17.7 Å². The molecule has 0 aliphatic carbocycles. The lowest BCUT2D eigenvalue weighted by atomic mass is 9.76. The van der Waals surface area contributed by atoms with Gasteiger partial charge in [0.15, 0.2) is 0 Å². The molecule has 0 aromatic heterocycles. The normalized spacial score (nSPS) is 18.3. The molecule has 28 heavy (non-hydrogen) atoms. The summed E-state index contributed by atoms with van der Waals surface area (Å²) in [5.41, 5.74) is 0.932. The Morgan fingerprint density at radius 3 is 2.21 bits per heavy atom. The van der Waals surface area contributed by atoms with E-state index in [1.54, 1.807) is 18.2 Å². The largest absolute Gasteiger partial charge is 0.495 e. The van der Waals surface area contributed by atoms with Crippen molar-refractivity contribution in [2.24, 2.45) is 0 Å². The van der Waals surface area contributed by atoms with Crippen molar-refractivity contribution in [3.8, 4) is 0 Å². The van der Waals surface area contributed by atoms with Crippen molar-refractivity contribution in [2.75, 3.05) is 4.72 Å². The van der Waals surface area contributed by atoms with E-state index in [1.807, 2.05) is 34.6 Å². The molecule has 0 atom stereocenters. The van der Waals surface area contributed by atoms with Crippen molar-refractivity contribution >= 4 is 39.9 Å². The van der Waals surface area contributed by atoms with Gasteiger partial charge in [0.05, 0.1) is 11.2 Å². The smallest absolute Gasteiger partial charge is 0.399 e. The predicted molar refractivity (Wildman–Crippen MR) is 109 cm³/mol. The molecule has 1 aliphatic heterocycles. The monoisotopic (exact) mass is 425 g/mol. The number of hydrogen-bond acceptors (Lipinski definition) is 4. The molecular weight excluding hydrogens is 404 g/mol. The van der Waals surface area contributed by atoms with Gasteiger partial charge < -0.3 is 9.31 Å². The molecule has 0 amide bonds. The van der Waals surface area contributed by atoms with Crippen LogP contribution in [0.15, 0.2) is 41.3 Å². The van der Waals surface area contributed by atoms with Gasteiger partial charge in [0.2, 0.25) is 0 Å². The summed E-state index contributed by atoms with van der Waals surface area (Å²) in [5.74, 6) is -0.873. The molecule has 0 spiro atoms. The molecule has 0 radical (unpaired) electrons. The summed E-state index contributed by atoms with van der Waals surface area (Å²) in [6, 6.07) is 8.37. The average molecular weight is 426 g/mol. The van der Waals surface area contributed by atoms with E-state index in [4.69, 9.17) is 20.9 Å². The fraction of sp³-hybridized carbons (Fsp3) is 0.368. The zero-order valence-corrected chi connectivity index (χ0v) is 17.9. The Bertz CT molecular complexity index is 1010. The molecule has 150 valence electrons. The van der Waals surface area contributed by atoms with Crippen molar-refractivity contribution in [3.63, 3.8) is 0 Å². The van der Waals surface area contributed by atoms with Gasteiger partial charge in [-0.25, -0.2) is 12.8 Å². The number of rotatable bonds is 4. The minimum absolute atomic E-state index is 0.133. The van der Waals surface area contributed by atoms with E-state index in [2.05, 4.69) is 4.72 Å². The minimum Gasteiger partial charge on any atom is -0.399 e. The lowest BCUT2D eigenvalue weighted by molar-refractivity contribution is 0.00578. The topological polar surface area (TPSA) is 64.6 Å². The number of sulfonamides is 1. The lowest BCUT2D eigenvalue weighted by Crippen LogP contribution is -2.41.